The van der Waals surface area contributed by atoms with Crippen LogP contribution in [0.1, 0.15) is 37.7 Å². The summed E-state index contributed by atoms with van der Waals surface area (Å²) in [5, 5.41) is 0. The van der Waals surface area contributed by atoms with Gasteiger partial charge in [0, 0.05) is 24.6 Å². The minimum absolute atomic E-state index is 0.0268. The first-order chi connectivity index (χ1) is 11.8. The average Bonchev–Trinajstić information content (AvgIpc) is 2.90. The highest BCUT2D eigenvalue weighted by Gasteiger charge is 2.50. The second kappa shape index (κ2) is 6.27. The second-order valence-corrected chi connectivity index (χ2v) is 6.94. The van der Waals surface area contributed by atoms with E-state index in [0.29, 0.717) is 6.54 Å². The van der Waals surface area contributed by atoms with Crippen LogP contribution in [0, 0.1) is 0 Å². The largest absolute Gasteiger partial charge is 0.325 e. The van der Waals surface area contributed by atoms with Crippen LogP contribution < -0.4 is 4.90 Å². The Kier molecular flexibility index (Phi) is 3.97. The average molecular weight is 321 g/mol. The minimum Gasteiger partial charge on any atom is -0.312 e. The van der Waals surface area contributed by atoms with Crippen LogP contribution in [0.15, 0.2) is 54.9 Å². The molecule has 0 unspecified atom stereocenters. The Hall–Kier alpha value is -2.36. The number of aromatic nitrogens is 1. The van der Waals surface area contributed by atoms with E-state index >= 15 is 0 Å². The summed E-state index contributed by atoms with van der Waals surface area (Å²) < 4.78 is 0. The number of urea groups is 1. The van der Waals surface area contributed by atoms with Crippen LogP contribution in [-0.4, -0.2) is 28.0 Å². The fourth-order valence-corrected chi connectivity index (χ4v) is 4.15. The molecule has 1 aliphatic heterocycles. The lowest BCUT2D eigenvalue weighted by Gasteiger charge is -2.40. The summed E-state index contributed by atoms with van der Waals surface area (Å²) in [6.07, 6.45) is 9.54. The maximum Gasteiger partial charge on any atom is 0.325 e. The van der Waals surface area contributed by atoms with E-state index in [-0.39, 0.29) is 11.6 Å². The summed E-state index contributed by atoms with van der Waals surface area (Å²) in [4.78, 5) is 21.5. The molecule has 2 heterocycles. The van der Waals surface area contributed by atoms with Crippen molar-refractivity contribution in [3.63, 3.8) is 0 Å². The summed E-state index contributed by atoms with van der Waals surface area (Å²) in [6.45, 7) is 1.45. The first-order valence-corrected chi connectivity index (χ1v) is 8.82. The predicted molar refractivity (Wildman–Crippen MR) is 94.8 cm³/mol. The molecular weight excluding hydrogens is 298 g/mol. The lowest BCUT2D eigenvalue weighted by molar-refractivity contribution is 0.113. The molecule has 4 nitrogen and oxygen atoms in total. The van der Waals surface area contributed by atoms with E-state index in [2.05, 4.69) is 16.0 Å². The molecule has 24 heavy (non-hydrogen) atoms. The zero-order chi connectivity index (χ0) is 16.4. The standard InChI is InChI=1S/C20H23N3O/c24-19-22(18-9-3-1-4-10-18)16-20(11-5-2-6-12-20)23(19)15-17-8-7-13-21-14-17/h1,3-4,7-10,13-14H,2,5-6,11-12,15-16H2. The van der Waals surface area contributed by atoms with Crippen LogP contribution in [0.5, 0.6) is 0 Å². The maximum atomic E-state index is 13.2. The van der Waals surface area contributed by atoms with E-state index in [0.717, 1.165) is 30.6 Å². The number of hydrogen-bond donors (Lipinski definition) is 0. The van der Waals surface area contributed by atoms with Crippen LogP contribution >= 0.6 is 0 Å². The summed E-state index contributed by atoms with van der Waals surface area (Å²) in [5.74, 6) is 0. The zero-order valence-electron chi connectivity index (χ0n) is 13.9. The van der Waals surface area contributed by atoms with E-state index in [1.807, 2.05) is 47.5 Å². The van der Waals surface area contributed by atoms with Crippen molar-refractivity contribution < 1.29 is 4.79 Å². The smallest absolute Gasteiger partial charge is 0.312 e. The molecule has 124 valence electrons. The Bertz CT molecular complexity index is 695. The van der Waals surface area contributed by atoms with E-state index < -0.39 is 0 Å². The molecule has 1 spiro atoms. The molecule has 0 atom stereocenters. The Morgan fingerprint density at radius 1 is 1.00 bits per heavy atom. The Balaban J connectivity index is 1.67. The Morgan fingerprint density at radius 2 is 1.79 bits per heavy atom. The highest BCUT2D eigenvalue weighted by Crippen LogP contribution is 2.41. The van der Waals surface area contributed by atoms with Gasteiger partial charge in [0.1, 0.15) is 0 Å². The van der Waals surface area contributed by atoms with Crippen molar-refractivity contribution in [3.05, 3.63) is 60.4 Å². The lowest BCUT2D eigenvalue weighted by Crippen LogP contribution is -2.48. The molecule has 0 radical (unpaired) electrons. The summed E-state index contributed by atoms with van der Waals surface area (Å²) >= 11 is 0. The highest BCUT2D eigenvalue weighted by atomic mass is 16.2. The van der Waals surface area contributed by atoms with Gasteiger partial charge in [-0.25, -0.2) is 4.79 Å². The highest BCUT2D eigenvalue weighted by molar-refractivity contribution is 5.95. The van der Waals surface area contributed by atoms with Gasteiger partial charge in [-0.1, -0.05) is 43.5 Å². The molecule has 1 aromatic heterocycles. The molecule has 2 fully saturated rings. The monoisotopic (exact) mass is 321 g/mol. The molecule has 1 saturated heterocycles. The summed E-state index contributed by atoms with van der Waals surface area (Å²) in [6, 6.07) is 14.2. The molecule has 1 aromatic carbocycles. The first-order valence-electron chi connectivity index (χ1n) is 8.82. The van der Waals surface area contributed by atoms with Gasteiger partial charge in [-0.15, -0.1) is 0 Å². The van der Waals surface area contributed by atoms with Crippen molar-refractivity contribution in [3.8, 4) is 0 Å². The van der Waals surface area contributed by atoms with E-state index in [9.17, 15) is 4.79 Å². The van der Waals surface area contributed by atoms with Gasteiger partial charge in [0.05, 0.1) is 12.1 Å². The van der Waals surface area contributed by atoms with Gasteiger partial charge < -0.3 is 4.90 Å². The minimum atomic E-state index is -0.0268. The topological polar surface area (TPSA) is 36.4 Å². The number of amides is 2. The van der Waals surface area contributed by atoms with Crippen LogP contribution in [0.25, 0.3) is 0 Å². The number of carbonyl (C=O) groups is 1. The third kappa shape index (κ3) is 2.66. The molecule has 1 aliphatic carbocycles. The van der Waals surface area contributed by atoms with Crippen molar-refractivity contribution in [2.24, 2.45) is 0 Å². The number of carbonyl (C=O) groups excluding carboxylic acids is 1. The van der Waals surface area contributed by atoms with E-state index in [4.69, 9.17) is 0 Å². The zero-order valence-corrected chi connectivity index (χ0v) is 13.9. The number of hydrogen-bond acceptors (Lipinski definition) is 2. The molecule has 1 saturated carbocycles. The SMILES string of the molecule is O=C1N(c2ccccc2)CC2(CCCCC2)N1Cc1cccnc1. The number of nitrogens with zero attached hydrogens (tertiary/aromatic N) is 3. The molecular formula is C20H23N3O. The van der Waals surface area contributed by atoms with Crippen LogP contribution in [0.3, 0.4) is 0 Å². The second-order valence-electron chi connectivity index (χ2n) is 6.94. The molecule has 4 rings (SSSR count). The summed E-state index contributed by atoms with van der Waals surface area (Å²) in [5.41, 5.74) is 2.08. The Morgan fingerprint density at radius 3 is 2.50 bits per heavy atom. The molecule has 0 bridgehead atoms. The van der Waals surface area contributed by atoms with Crippen molar-refractivity contribution in [2.45, 2.75) is 44.2 Å². The van der Waals surface area contributed by atoms with Gasteiger partial charge in [-0.05, 0) is 36.6 Å². The van der Waals surface area contributed by atoms with Crippen molar-refractivity contribution in [2.75, 3.05) is 11.4 Å². The Labute approximate surface area is 143 Å². The maximum absolute atomic E-state index is 13.2. The number of benzene rings is 1. The van der Waals surface area contributed by atoms with Crippen molar-refractivity contribution >= 4 is 11.7 Å². The third-order valence-electron chi connectivity index (χ3n) is 5.40. The van der Waals surface area contributed by atoms with Crippen LogP contribution in [0.4, 0.5) is 10.5 Å². The van der Waals surface area contributed by atoms with Gasteiger partial charge in [0.25, 0.3) is 0 Å². The quantitative estimate of drug-likeness (QED) is 0.848. The summed E-state index contributed by atoms with van der Waals surface area (Å²) in [7, 11) is 0. The number of anilines is 1. The lowest BCUT2D eigenvalue weighted by atomic mass is 9.81. The molecule has 0 N–H and O–H groups in total. The van der Waals surface area contributed by atoms with E-state index in [1.54, 1.807) is 6.20 Å². The van der Waals surface area contributed by atoms with Crippen LogP contribution in [0.2, 0.25) is 0 Å². The van der Waals surface area contributed by atoms with Gasteiger partial charge in [-0.3, -0.25) is 9.88 Å². The predicted octanol–water partition coefficient (Wildman–Crippen LogP) is 4.23. The normalized spacial score (nSPS) is 19.9. The molecule has 2 amide bonds. The first kappa shape index (κ1) is 15.2. The van der Waals surface area contributed by atoms with Crippen LogP contribution in [-0.2, 0) is 6.54 Å². The fraction of sp³-hybridized carbons (Fsp3) is 0.400. The number of pyridine rings is 1. The van der Waals surface area contributed by atoms with Gasteiger partial charge in [-0.2, -0.15) is 0 Å². The van der Waals surface area contributed by atoms with Gasteiger partial charge >= 0.3 is 6.03 Å². The molecule has 4 heteroatoms. The van der Waals surface area contributed by atoms with Gasteiger partial charge in [0.2, 0.25) is 0 Å². The van der Waals surface area contributed by atoms with Crippen molar-refractivity contribution in [1.29, 1.82) is 0 Å². The third-order valence-corrected chi connectivity index (χ3v) is 5.40. The van der Waals surface area contributed by atoms with Gasteiger partial charge in [0.15, 0.2) is 0 Å². The number of rotatable bonds is 3. The molecule has 2 aliphatic rings. The van der Waals surface area contributed by atoms with E-state index in [1.165, 1.54) is 19.3 Å². The molecule has 2 aromatic rings. The fourth-order valence-electron chi connectivity index (χ4n) is 4.15. The van der Waals surface area contributed by atoms with Crippen molar-refractivity contribution in [1.82, 2.24) is 9.88 Å². The number of para-hydroxylation sites is 1.